The Bertz CT molecular complexity index is 670. The Hall–Kier alpha value is -2.37. The molecular formula is C15H13F3N2O. The normalized spacial score (nSPS) is 14.1. The molecule has 2 aromatic carbocycles. The fraction of sp³-hybridized carbons (Fsp3) is 0.200. The average Bonchev–Trinajstić information content (AvgIpc) is 2.83. The number of nitrogens with zero attached hydrogens (tertiary/aromatic N) is 1. The standard InChI is InChI=1S/C15H13F3N2O/c16-15(17,18)21-14-7-2-1-6-13(14)20-8-10-4-3-5-12(19)11(10)9-20/h1-7H,8-9,19H2. The summed E-state index contributed by atoms with van der Waals surface area (Å²) < 4.78 is 41.5. The van der Waals surface area contributed by atoms with Gasteiger partial charge in [-0.1, -0.05) is 24.3 Å². The molecule has 0 aliphatic carbocycles. The molecule has 0 saturated heterocycles. The number of nitrogens with two attached hydrogens (primary N) is 1. The van der Waals surface area contributed by atoms with Gasteiger partial charge in [-0.3, -0.25) is 0 Å². The lowest BCUT2D eigenvalue weighted by Gasteiger charge is -2.21. The third-order valence-corrected chi connectivity index (χ3v) is 3.45. The van der Waals surface area contributed by atoms with E-state index in [0.29, 0.717) is 24.5 Å². The molecule has 0 radical (unpaired) electrons. The van der Waals surface area contributed by atoms with Gasteiger partial charge in [-0.15, -0.1) is 13.2 Å². The van der Waals surface area contributed by atoms with Crippen LogP contribution in [-0.4, -0.2) is 6.36 Å². The zero-order chi connectivity index (χ0) is 15.0. The number of anilines is 2. The SMILES string of the molecule is Nc1cccc2c1CN(c1ccccc1OC(F)(F)F)C2. The molecule has 0 saturated carbocycles. The number of hydrogen-bond acceptors (Lipinski definition) is 3. The maximum Gasteiger partial charge on any atom is 0.573 e. The lowest BCUT2D eigenvalue weighted by Crippen LogP contribution is -2.21. The number of para-hydroxylation sites is 2. The first-order valence-corrected chi connectivity index (χ1v) is 6.40. The van der Waals surface area contributed by atoms with Crippen molar-refractivity contribution in [3.8, 4) is 5.75 Å². The van der Waals surface area contributed by atoms with Crippen LogP contribution in [0.15, 0.2) is 42.5 Å². The van der Waals surface area contributed by atoms with Crippen LogP contribution in [0.1, 0.15) is 11.1 Å². The molecule has 1 aliphatic rings. The van der Waals surface area contributed by atoms with Crippen molar-refractivity contribution in [3.05, 3.63) is 53.6 Å². The summed E-state index contributed by atoms with van der Waals surface area (Å²) in [5, 5.41) is 0. The van der Waals surface area contributed by atoms with Crippen molar-refractivity contribution in [3.63, 3.8) is 0 Å². The van der Waals surface area contributed by atoms with E-state index in [-0.39, 0.29) is 5.75 Å². The van der Waals surface area contributed by atoms with Gasteiger partial charge >= 0.3 is 6.36 Å². The molecule has 1 aliphatic heterocycles. The van der Waals surface area contributed by atoms with Crippen LogP contribution >= 0.6 is 0 Å². The van der Waals surface area contributed by atoms with E-state index in [2.05, 4.69) is 4.74 Å². The van der Waals surface area contributed by atoms with Gasteiger partial charge < -0.3 is 15.4 Å². The summed E-state index contributed by atoms with van der Waals surface area (Å²) in [4.78, 5) is 1.82. The lowest BCUT2D eigenvalue weighted by atomic mass is 10.1. The number of hydrogen-bond donors (Lipinski definition) is 1. The number of alkyl halides is 3. The van der Waals surface area contributed by atoms with Gasteiger partial charge in [0.25, 0.3) is 0 Å². The zero-order valence-corrected chi connectivity index (χ0v) is 11.0. The maximum atomic E-state index is 12.5. The summed E-state index contributed by atoms with van der Waals surface area (Å²) in [5.74, 6) is -0.198. The van der Waals surface area contributed by atoms with Gasteiger partial charge in [0.05, 0.1) is 5.69 Å². The second-order valence-corrected chi connectivity index (χ2v) is 4.86. The van der Waals surface area contributed by atoms with E-state index < -0.39 is 6.36 Å². The average molecular weight is 294 g/mol. The van der Waals surface area contributed by atoms with E-state index >= 15 is 0 Å². The van der Waals surface area contributed by atoms with Crippen molar-refractivity contribution in [1.29, 1.82) is 0 Å². The number of halogens is 3. The lowest BCUT2D eigenvalue weighted by molar-refractivity contribution is -0.274. The molecule has 110 valence electrons. The van der Waals surface area contributed by atoms with Crippen molar-refractivity contribution in [1.82, 2.24) is 0 Å². The second kappa shape index (κ2) is 4.87. The van der Waals surface area contributed by atoms with E-state index in [4.69, 9.17) is 5.73 Å². The van der Waals surface area contributed by atoms with Crippen LogP contribution in [0.4, 0.5) is 24.5 Å². The molecule has 0 aromatic heterocycles. The predicted molar refractivity (Wildman–Crippen MR) is 73.9 cm³/mol. The Kier molecular flexibility index (Phi) is 3.16. The molecule has 2 N–H and O–H groups in total. The van der Waals surface area contributed by atoms with Gasteiger partial charge in [0.15, 0.2) is 5.75 Å². The molecule has 1 heterocycles. The Morgan fingerprint density at radius 3 is 2.48 bits per heavy atom. The van der Waals surface area contributed by atoms with Crippen LogP contribution in [0.5, 0.6) is 5.75 Å². The fourth-order valence-corrected chi connectivity index (χ4v) is 2.55. The highest BCUT2D eigenvalue weighted by molar-refractivity contribution is 5.64. The van der Waals surface area contributed by atoms with Crippen LogP contribution in [0.2, 0.25) is 0 Å². The number of benzene rings is 2. The van der Waals surface area contributed by atoms with E-state index in [1.807, 2.05) is 17.0 Å². The van der Waals surface area contributed by atoms with Gasteiger partial charge in [0, 0.05) is 18.8 Å². The van der Waals surface area contributed by atoms with Crippen LogP contribution in [0.25, 0.3) is 0 Å². The van der Waals surface area contributed by atoms with Crippen LogP contribution in [0, 0.1) is 0 Å². The molecule has 0 amide bonds. The van der Waals surface area contributed by atoms with Crippen molar-refractivity contribution in [2.45, 2.75) is 19.5 Å². The van der Waals surface area contributed by atoms with Gasteiger partial charge in [0.1, 0.15) is 0 Å². The topological polar surface area (TPSA) is 38.5 Å². The first-order chi connectivity index (χ1) is 9.94. The van der Waals surface area contributed by atoms with Crippen LogP contribution in [0.3, 0.4) is 0 Å². The Morgan fingerprint density at radius 2 is 1.76 bits per heavy atom. The molecule has 0 atom stereocenters. The molecule has 0 bridgehead atoms. The van der Waals surface area contributed by atoms with Crippen LogP contribution < -0.4 is 15.4 Å². The minimum atomic E-state index is -4.71. The molecule has 0 unspecified atom stereocenters. The van der Waals surface area contributed by atoms with E-state index in [9.17, 15) is 13.2 Å². The number of fused-ring (bicyclic) bond motifs is 1. The fourth-order valence-electron chi connectivity index (χ4n) is 2.55. The summed E-state index contributed by atoms with van der Waals surface area (Å²) in [6.45, 7) is 0.985. The molecule has 0 spiro atoms. The quantitative estimate of drug-likeness (QED) is 0.859. The van der Waals surface area contributed by atoms with Gasteiger partial charge in [-0.2, -0.15) is 0 Å². The summed E-state index contributed by atoms with van der Waals surface area (Å²) in [7, 11) is 0. The molecule has 3 nitrogen and oxygen atoms in total. The summed E-state index contributed by atoms with van der Waals surface area (Å²) in [6.07, 6.45) is -4.71. The van der Waals surface area contributed by atoms with Crippen LogP contribution in [-0.2, 0) is 13.1 Å². The Morgan fingerprint density at radius 1 is 1.00 bits per heavy atom. The maximum absolute atomic E-state index is 12.5. The van der Waals surface area contributed by atoms with E-state index in [1.165, 1.54) is 12.1 Å². The smallest absolute Gasteiger partial charge is 0.404 e. The highest BCUT2D eigenvalue weighted by Gasteiger charge is 2.33. The minimum Gasteiger partial charge on any atom is -0.404 e. The first-order valence-electron chi connectivity index (χ1n) is 6.40. The van der Waals surface area contributed by atoms with Gasteiger partial charge in [0.2, 0.25) is 0 Å². The molecule has 21 heavy (non-hydrogen) atoms. The van der Waals surface area contributed by atoms with Crippen molar-refractivity contribution < 1.29 is 17.9 Å². The Labute approximate surface area is 119 Å². The summed E-state index contributed by atoms with van der Waals surface area (Å²) in [5.41, 5.74) is 8.96. The van der Waals surface area contributed by atoms with Crippen molar-refractivity contribution in [2.75, 3.05) is 10.6 Å². The second-order valence-electron chi connectivity index (χ2n) is 4.86. The number of nitrogen functional groups attached to an aromatic ring is 1. The third kappa shape index (κ3) is 2.74. The predicted octanol–water partition coefficient (Wildman–Crippen LogP) is 3.69. The zero-order valence-electron chi connectivity index (χ0n) is 11.0. The van der Waals surface area contributed by atoms with Gasteiger partial charge in [-0.25, -0.2) is 0 Å². The number of rotatable bonds is 2. The third-order valence-electron chi connectivity index (χ3n) is 3.45. The number of ether oxygens (including phenoxy) is 1. The Balaban J connectivity index is 1.92. The minimum absolute atomic E-state index is 0.198. The van der Waals surface area contributed by atoms with E-state index in [0.717, 1.165) is 11.1 Å². The highest BCUT2D eigenvalue weighted by Crippen LogP contribution is 2.38. The molecule has 2 aromatic rings. The molecule has 6 heteroatoms. The summed E-state index contributed by atoms with van der Waals surface area (Å²) >= 11 is 0. The van der Waals surface area contributed by atoms with E-state index in [1.54, 1.807) is 18.2 Å². The molecule has 3 rings (SSSR count). The first kappa shape index (κ1) is 13.6. The highest BCUT2D eigenvalue weighted by atomic mass is 19.4. The van der Waals surface area contributed by atoms with Gasteiger partial charge in [-0.05, 0) is 29.3 Å². The van der Waals surface area contributed by atoms with Crippen molar-refractivity contribution in [2.24, 2.45) is 0 Å². The summed E-state index contributed by atoms with van der Waals surface area (Å²) in [6, 6.07) is 11.7. The monoisotopic (exact) mass is 294 g/mol. The van der Waals surface area contributed by atoms with Crippen molar-refractivity contribution >= 4 is 11.4 Å². The molecule has 0 fully saturated rings. The largest absolute Gasteiger partial charge is 0.573 e. The molecular weight excluding hydrogens is 281 g/mol.